The molecular weight excluding hydrogens is 218 g/mol. The molecule has 2 N–H and O–H groups in total. The zero-order chi connectivity index (χ0) is 12.1. The minimum atomic E-state index is 0.473. The third-order valence-corrected chi connectivity index (χ3v) is 2.92. The van der Waals surface area contributed by atoms with Gasteiger partial charge in [-0.3, -0.25) is 0 Å². The number of nitrogens with two attached hydrogens (primary N) is 1. The molecule has 1 aliphatic heterocycles. The smallest absolute Gasteiger partial charge is 0.221 e. The number of hydrogen-bond acceptors (Lipinski definition) is 5. The average molecular weight is 237 g/mol. The average Bonchev–Trinajstić information content (AvgIpc) is 2.83. The van der Waals surface area contributed by atoms with Crippen LogP contribution in [0.5, 0.6) is 5.88 Å². The van der Waals surface area contributed by atoms with Crippen molar-refractivity contribution < 1.29 is 9.47 Å². The van der Waals surface area contributed by atoms with E-state index in [0.717, 1.165) is 38.0 Å². The molecule has 0 spiro atoms. The fraction of sp³-hybridized carbons (Fsp3) is 0.667. The van der Waals surface area contributed by atoms with E-state index in [-0.39, 0.29) is 0 Å². The summed E-state index contributed by atoms with van der Waals surface area (Å²) in [6, 6.07) is 0. The summed E-state index contributed by atoms with van der Waals surface area (Å²) in [6.45, 7) is 4.36. The maximum atomic E-state index is 5.84. The van der Waals surface area contributed by atoms with Gasteiger partial charge >= 0.3 is 0 Å². The first kappa shape index (κ1) is 12.1. The van der Waals surface area contributed by atoms with Gasteiger partial charge in [0.1, 0.15) is 12.1 Å². The lowest BCUT2D eigenvalue weighted by Crippen LogP contribution is -2.14. The van der Waals surface area contributed by atoms with Crippen LogP contribution in [0.3, 0.4) is 0 Å². The summed E-state index contributed by atoms with van der Waals surface area (Å²) in [7, 11) is 0. The van der Waals surface area contributed by atoms with Crippen LogP contribution in [0.15, 0.2) is 6.33 Å². The van der Waals surface area contributed by atoms with Gasteiger partial charge in [-0.25, -0.2) is 9.97 Å². The topological polar surface area (TPSA) is 70.3 Å². The molecule has 0 aliphatic carbocycles. The molecule has 17 heavy (non-hydrogen) atoms. The van der Waals surface area contributed by atoms with E-state index in [2.05, 4.69) is 16.9 Å². The van der Waals surface area contributed by atoms with Gasteiger partial charge in [0, 0.05) is 12.5 Å². The highest BCUT2D eigenvalue weighted by atomic mass is 16.5. The van der Waals surface area contributed by atoms with E-state index in [0.29, 0.717) is 24.2 Å². The van der Waals surface area contributed by atoms with Crippen molar-refractivity contribution in [3.63, 3.8) is 0 Å². The summed E-state index contributed by atoms with van der Waals surface area (Å²) >= 11 is 0. The van der Waals surface area contributed by atoms with Gasteiger partial charge in [-0.15, -0.1) is 0 Å². The second-order valence-electron chi connectivity index (χ2n) is 4.33. The highest BCUT2D eigenvalue weighted by Crippen LogP contribution is 2.22. The van der Waals surface area contributed by atoms with Gasteiger partial charge in [-0.05, 0) is 12.8 Å². The van der Waals surface area contributed by atoms with Crippen LogP contribution < -0.4 is 10.5 Å². The lowest BCUT2D eigenvalue weighted by atomic mass is 10.1. The molecule has 2 heterocycles. The number of anilines is 1. The van der Waals surface area contributed by atoms with Crippen molar-refractivity contribution in [2.45, 2.75) is 26.2 Å². The Balaban J connectivity index is 2.00. The lowest BCUT2D eigenvalue weighted by Gasteiger charge is -2.13. The summed E-state index contributed by atoms with van der Waals surface area (Å²) < 4.78 is 11.1. The summed E-state index contributed by atoms with van der Waals surface area (Å²) in [4.78, 5) is 8.17. The van der Waals surface area contributed by atoms with E-state index in [1.165, 1.54) is 6.33 Å². The molecule has 94 valence electrons. The van der Waals surface area contributed by atoms with E-state index >= 15 is 0 Å². The van der Waals surface area contributed by atoms with Crippen molar-refractivity contribution in [1.29, 1.82) is 0 Å². The monoisotopic (exact) mass is 237 g/mol. The summed E-state index contributed by atoms with van der Waals surface area (Å²) in [5.41, 5.74) is 6.76. The number of nitrogen functional groups attached to an aromatic ring is 1. The molecule has 1 fully saturated rings. The van der Waals surface area contributed by atoms with Crippen LogP contribution in [0.2, 0.25) is 0 Å². The van der Waals surface area contributed by atoms with E-state index in [4.69, 9.17) is 15.2 Å². The number of rotatable bonds is 5. The van der Waals surface area contributed by atoms with Crippen LogP contribution in [-0.4, -0.2) is 29.8 Å². The van der Waals surface area contributed by atoms with Crippen molar-refractivity contribution in [2.75, 3.05) is 25.6 Å². The second kappa shape index (κ2) is 5.82. The molecule has 0 bridgehead atoms. The highest BCUT2D eigenvalue weighted by Gasteiger charge is 2.18. The Hall–Kier alpha value is -1.36. The molecule has 1 aromatic rings. The third kappa shape index (κ3) is 3.06. The number of aromatic nitrogens is 2. The van der Waals surface area contributed by atoms with Crippen molar-refractivity contribution in [3.8, 4) is 5.88 Å². The normalized spacial score (nSPS) is 19.5. The molecule has 1 saturated heterocycles. The Morgan fingerprint density at radius 2 is 2.41 bits per heavy atom. The standard InChI is InChI=1S/C12H19N3O2/c1-2-3-10-11(13)14-8-15-12(10)17-7-9-4-5-16-6-9/h8-9H,2-7H2,1H3,(H2,13,14,15). The molecule has 1 aliphatic rings. The zero-order valence-corrected chi connectivity index (χ0v) is 10.2. The van der Waals surface area contributed by atoms with Crippen LogP contribution in [0.4, 0.5) is 5.82 Å². The van der Waals surface area contributed by atoms with E-state index < -0.39 is 0 Å². The quantitative estimate of drug-likeness (QED) is 0.838. The molecule has 0 amide bonds. The first-order chi connectivity index (χ1) is 8.31. The van der Waals surface area contributed by atoms with Gasteiger partial charge in [0.05, 0.1) is 18.8 Å². The maximum absolute atomic E-state index is 5.84. The third-order valence-electron chi connectivity index (χ3n) is 2.92. The van der Waals surface area contributed by atoms with Crippen molar-refractivity contribution >= 4 is 5.82 Å². The molecule has 2 rings (SSSR count). The maximum Gasteiger partial charge on any atom is 0.221 e. The fourth-order valence-corrected chi connectivity index (χ4v) is 1.93. The lowest BCUT2D eigenvalue weighted by molar-refractivity contribution is 0.165. The van der Waals surface area contributed by atoms with E-state index in [1.807, 2.05) is 0 Å². The van der Waals surface area contributed by atoms with Gasteiger partial charge in [0.25, 0.3) is 0 Å². The molecule has 1 atom stereocenters. The Labute approximate surface area is 101 Å². The SMILES string of the molecule is CCCc1c(N)ncnc1OCC1CCOC1. The van der Waals surface area contributed by atoms with Gasteiger partial charge in [0.15, 0.2) is 0 Å². The molecule has 5 heteroatoms. The number of nitrogens with zero attached hydrogens (tertiary/aromatic N) is 2. The Kier molecular flexibility index (Phi) is 4.14. The molecule has 0 aromatic carbocycles. The number of ether oxygens (including phenoxy) is 2. The van der Waals surface area contributed by atoms with Crippen LogP contribution in [0.1, 0.15) is 25.3 Å². The van der Waals surface area contributed by atoms with Crippen LogP contribution in [0.25, 0.3) is 0 Å². The second-order valence-corrected chi connectivity index (χ2v) is 4.33. The Morgan fingerprint density at radius 3 is 3.12 bits per heavy atom. The summed E-state index contributed by atoms with van der Waals surface area (Å²) in [6.07, 6.45) is 4.36. The predicted molar refractivity (Wildman–Crippen MR) is 64.9 cm³/mol. The molecule has 0 radical (unpaired) electrons. The van der Waals surface area contributed by atoms with E-state index in [1.54, 1.807) is 0 Å². The van der Waals surface area contributed by atoms with Crippen molar-refractivity contribution in [3.05, 3.63) is 11.9 Å². The Morgan fingerprint density at radius 1 is 1.53 bits per heavy atom. The van der Waals surface area contributed by atoms with Crippen molar-refractivity contribution in [2.24, 2.45) is 5.92 Å². The highest BCUT2D eigenvalue weighted by molar-refractivity contribution is 5.44. The van der Waals surface area contributed by atoms with Crippen molar-refractivity contribution in [1.82, 2.24) is 9.97 Å². The van der Waals surface area contributed by atoms with Crippen LogP contribution in [-0.2, 0) is 11.2 Å². The van der Waals surface area contributed by atoms with Gasteiger partial charge in [-0.1, -0.05) is 13.3 Å². The molecule has 1 unspecified atom stereocenters. The molecule has 1 aromatic heterocycles. The van der Waals surface area contributed by atoms with Gasteiger partial charge in [-0.2, -0.15) is 0 Å². The predicted octanol–water partition coefficient (Wildman–Crippen LogP) is 1.43. The zero-order valence-electron chi connectivity index (χ0n) is 10.2. The van der Waals surface area contributed by atoms with E-state index in [9.17, 15) is 0 Å². The first-order valence-electron chi connectivity index (χ1n) is 6.11. The minimum Gasteiger partial charge on any atom is -0.477 e. The Bertz CT molecular complexity index is 365. The molecule has 5 nitrogen and oxygen atoms in total. The molecular formula is C12H19N3O2. The molecule has 0 saturated carbocycles. The van der Waals surface area contributed by atoms with Crippen LogP contribution >= 0.6 is 0 Å². The largest absolute Gasteiger partial charge is 0.477 e. The fourth-order valence-electron chi connectivity index (χ4n) is 1.93. The van der Waals surface area contributed by atoms with Gasteiger partial charge in [0.2, 0.25) is 5.88 Å². The summed E-state index contributed by atoms with van der Waals surface area (Å²) in [5.74, 6) is 1.63. The number of hydrogen-bond donors (Lipinski definition) is 1. The summed E-state index contributed by atoms with van der Waals surface area (Å²) in [5, 5.41) is 0. The first-order valence-corrected chi connectivity index (χ1v) is 6.11. The van der Waals surface area contributed by atoms with Crippen LogP contribution in [0, 0.1) is 5.92 Å². The minimum absolute atomic E-state index is 0.473. The van der Waals surface area contributed by atoms with Gasteiger partial charge < -0.3 is 15.2 Å².